The monoisotopic (exact) mass is 349 g/mol. The van der Waals surface area contributed by atoms with E-state index in [0.717, 1.165) is 11.1 Å². The van der Waals surface area contributed by atoms with Gasteiger partial charge in [-0.2, -0.15) is 5.26 Å². The zero-order chi connectivity index (χ0) is 17.6. The Bertz CT molecular complexity index is 951. The highest BCUT2D eigenvalue weighted by Gasteiger charge is 2.11. The molecule has 122 valence electrons. The Balaban J connectivity index is 1.84. The highest BCUT2D eigenvalue weighted by Crippen LogP contribution is 2.22. The molecule has 1 aromatic heterocycles. The number of hydrogen-bond donors (Lipinski definition) is 0. The average Bonchev–Trinajstić information content (AvgIpc) is 3.16. The largest absolute Gasteiger partial charge is 0.457 e. The van der Waals surface area contributed by atoms with E-state index in [0.29, 0.717) is 16.3 Å². The normalized spacial score (nSPS) is 11.0. The predicted octanol–water partition coefficient (Wildman–Crippen LogP) is 5.22. The smallest absolute Gasteiger partial charge is 0.379 e. The summed E-state index contributed by atoms with van der Waals surface area (Å²) in [4.78, 5) is 11.9. The lowest BCUT2D eigenvalue weighted by atomic mass is 10.0. The molecule has 0 bridgehead atoms. The Morgan fingerprint density at radius 1 is 1.12 bits per heavy atom. The summed E-state index contributed by atoms with van der Waals surface area (Å²) in [5.74, 6) is -0.0901. The van der Waals surface area contributed by atoms with Crippen LogP contribution >= 0.6 is 11.6 Å². The fraction of sp³-hybridized carbons (Fsp3) is 0. The van der Waals surface area contributed by atoms with Crippen molar-refractivity contribution in [2.24, 2.45) is 0 Å². The molecule has 0 saturated carbocycles. The first-order valence-corrected chi connectivity index (χ1v) is 7.77. The van der Waals surface area contributed by atoms with E-state index >= 15 is 0 Å². The third-order valence-corrected chi connectivity index (χ3v) is 3.63. The molecule has 0 aliphatic rings. The standard InChI is InChI=1S/C20H12ClNO3/c21-17-8-6-15(7-9-17)16(13-22)11-14-3-1-4-18(12-14)25-20(23)19-5-2-10-24-19/h1-12H/b16-11-. The quantitative estimate of drug-likeness (QED) is 0.280. The first-order valence-electron chi connectivity index (χ1n) is 7.39. The van der Waals surface area contributed by atoms with Gasteiger partial charge in [0.1, 0.15) is 5.75 Å². The van der Waals surface area contributed by atoms with Crippen LogP contribution in [0.2, 0.25) is 5.02 Å². The number of carbonyl (C=O) groups excluding carboxylic acids is 1. The Hall–Kier alpha value is -3.29. The van der Waals surface area contributed by atoms with Crippen molar-refractivity contribution in [1.82, 2.24) is 0 Å². The van der Waals surface area contributed by atoms with Gasteiger partial charge in [-0.3, -0.25) is 0 Å². The zero-order valence-electron chi connectivity index (χ0n) is 13.0. The molecule has 3 rings (SSSR count). The van der Waals surface area contributed by atoms with Crippen LogP contribution in [-0.2, 0) is 0 Å². The molecule has 3 aromatic rings. The molecule has 2 aromatic carbocycles. The van der Waals surface area contributed by atoms with E-state index in [-0.39, 0.29) is 5.76 Å². The number of esters is 1. The topological polar surface area (TPSA) is 63.2 Å². The van der Waals surface area contributed by atoms with Crippen LogP contribution in [0.5, 0.6) is 5.75 Å². The molecule has 0 fully saturated rings. The number of rotatable bonds is 4. The number of hydrogen-bond acceptors (Lipinski definition) is 4. The van der Waals surface area contributed by atoms with Gasteiger partial charge in [-0.05, 0) is 53.6 Å². The van der Waals surface area contributed by atoms with Gasteiger partial charge in [-0.15, -0.1) is 0 Å². The van der Waals surface area contributed by atoms with Gasteiger partial charge in [0.05, 0.1) is 17.9 Å². The second-order valence-corrected chi connectivity index (χ2v) is 5.55. The number of ether oxygens (including phenoxy) is 1. The van der Waals surface area contributed by atoms with Gasteiger partial charge >= 0.3 is 5.97 Å². The first kappa shape index (κ1) is 16.6. The summed E-state index contributed by atoms with van der Waals surface area (Å²) >= 11 is 5.87. The molecule has 0 aliphatic carbocycles. The minimum atomic E-state index is -0.579. The van der Waals surface area contributed by atoms with Gasteiger partial charge in [-0.25, -0.2) is 4.79 Å². The molecule has 0 unspecified atom stereocenters. The van der Waals surface area contributed by atoms with Crippen molar-refractivity contribution >= 4 is 29.2 Å². The molecule has 1 heterocycles. The molecule has 5 heteroatoms. The molecule has 0 aliphatic heterocycles. The Morgan fingerprint density at radius 2 is 1.92 bits per heavy atom. The van der Waals surface area contributed by atoms with E-state index in [1.165, 1.54) is 12.3 Å². The van der Waals surface area contributed by atoms with Crippen LogP contribution in [0.3, 0.4) is 0 Å². The van der Waals surface area contributed by atoms with Crippen LogP contribution in [0.1, 0.15) is 21.7 Å². The second-order valence-electron chi connectivity index (χ2n) is 5.12. The summed E-state index contributed by atoms with van der Waals surface area (Å²) in [6.45, 7) is 0. The number of nitriles is 1. The van der Waals surface area contributed by atoms with Crippen LogP contribution in [0.4, 0.5) is 0 Å². The highest BCUT2D eigenvalue weighted by molar-refractivity contribution is 6.30. The summed E-state index contributed by atoms with van der Waals surface area (Å²) < 4.78 is 10.3. The predicted molar refractivity (Wildman–Crippen MR) is 95.0 cm³/mol. The van der Waals surface area contributed by atoms with Gasteiger partial charge in [0.15, 0.2) is 0 Å². The van der Waals surface area contributed by atoms with Crippen molar-refractivity contribution in [1.29, 1.82) is 5.26 Å². The van der Waals surface area contributed by atoms with Crippen LogP contribution in [0, 0.1) is 11.3 Å². The number of halogens is 1. The lowest BCUT2D eigenvalue weighted by molar-refractivity contribution is 0.0701. The first-order chi connectivity index (χ1) is 12.2. The van der Waals surface area contributed by atoms with Gasteiger partial charge in [-0.1, -0.05) is 35.9 Å². The van der Waals surface area contributed by atoms with Crippen molar-refractivity contribution in [3.05, 3.63) is 88.8 Å². The zero-order valence-corrected chi connectivity index (χ0v) is 13.7. The maximum Gasteiger partial charge on any atom is 0.379 e. The number of nitrogens with zero attached hydrogens (tertiary/aromatic N) is 1. The molecule has 0 atom stereocenters. The number of benzene rings is 2. The van der Waals surface area contributed by atoms with Gasteiger partial charge in [0.2, 0.25) is 5.76 Å². The summed E-state index contributed by atoms with van der Waals surface area (Å²) in [7, 11) is 0. The van der Waals surface area contributed by atoms with Crippen molar-refractivity contribution in [3.8, 4) is 11.8 Å². The highest BCUT2D eigenvalue weighted by atomic mass is 35.5. The van der Waals surface area contributed by atoms with E-state index in [1.54, 1.807) is 54.6 Å². The minimum absolute atomic E-state index is 0.125. The maximum absolute atomic E-state index is 11.9. The Kier molecular flexibility index (Phi) is 4.98. The molecule has 25 heavy (non-hydrogen) atoms. The van der Waals surface area contributed by atoms with Gasteiger partial charge < -0.3 is 9.15 Å². The van der Waals surface area contributed by atoms with Crippen LogP contribution in [0.25, 0.3) is 11.6 Å². The third kappa shape index (κ3) is 4.17. The van der Waals surface area contributed by atoms with E-state index in [1.807, 2.05) is 6.07 Å². The minimum Gasteiger partial charge on any atom is -0.457 e. The van der Waals surface area contributed by atoms with Crippen molar-refractivity contribution in [2.75, 3.05) is 0 Å². The van der Waals surface area contributed by atoms with E-state index in [4.69, 9.17) is 20.8 Å². The van der Waals surface area contributed by atoms with Gasteiger partial charge in [0.25, 0.3) is 0 Å². The van der Waals surface area contributed by atoms with E-state index < -0.39 is 5.97 Å². The second kappa shape index (κ2) is 7.52. The molecule has 4 nitrogen and oxygen atoms in total. The van der Waals surface area contributed by atoms with Crippen molar-refractivity contribution in [3.63, 3.8) is 0 Å². The molecular weight excluding hydrogens is 338 g/mol. The maximum atomic E-state index is 11.9. The van der Waals surface area contributed by atoms with Crippen LogP contribution in [0.15, 0.2) is 71.3 Å². The molecule has 0 saturated heterocycles. The average molecular weight is 350 g/mol. The molecule has 0 N–H and O–H groups in total. The summed E-state index contributed by atoms with van der Waals surface area (Å²) in [5.41, 5.74) is 1.97. The van der Waals surface area contributed by atoms with E-state index in [2.05, 4.69) is 6.07 Å². The summed E-state index contributed by atoms with van der Waals surface area (Å²) in [6, 6.07) is 19.2. The molecule has 0 spiro atoms. The lowest BCUT2D eigenvalue weighted by Gasteiger charge is -2.04. The van der Waals surface area contributed by atoms with E-state index in [9.17, 15) is 10.1 Å². The summed E-state index contributed by atoms with van der Waals surface area (Å²) in [5, 5.41) is 10.0. The van der Waals surface area contributed by atoms with Crippen LogP contribution < -0.4 is 4.74 Å². The van der Waals surface area contributed by atoms with Crippen molar-refractivity contribution < 1.29 is 13.9 Å². The SMILES string of the molecule is N#C/C(=C/c1cccc(OC(=O)c2ccco2)c1)c1ccc(Cl)cc1. The number of furan rings is 1. The van der Waals surface area contributed by atoms with Gasteiger partial charge in [0, 0.05) is 5.02 Å². The summed E-state index contributed by atoms with van der Waals surface area (Å²) in [6.07, 6.45) is 3.12. The molecule has 0 amide bonds. The fourth-order valence-electron chi connectivity index (χ4n) is 2.20. The lowest BCUT2D eigenvalue weighted by Crippen LogP contribution is -2.07. The Labute approximate surface area is 149 Å². The van der Waals surface area contributed by atoms with Crippen molar-refractivity contribution in [2.45, 2.75) is 0 Å². The molecular formula is C20H12ClNO3. The molecule has 0 radical (unpaired) electrons. The number of carbonyl (C=O) groups is 1. The van der Waals surface area contributed by atoms with Crippen LogP contribution in [-0.4, -0.2) is 5.97 Å². The number of allylic oxidation sites excluding steroid dienone is 1. The third-order valence-electron chi connectivity index (χ3n) is 3.38. The fourth-order valence-corrected chi connectivity index (χ4v) is 2.32. The Morgan fingerprint density at radius 3 is 2.60 bits per heavy atom.